The van der Waals surface area contributed by atoms with Crippen LogP contribution in [0.3, 0.4) is 0 Å². The van der Waals surface area contributed by atoms with Gasteiger partial charge in [0.2, 0.25) is 0 Å². The largest absolute Gasteiger partial charge is 0.394 e. The summed E-state index contributed by atoms with van der Waals surface area (Å²) in [6.45, 7) is -3.15. The quantitative estimate of drug-likeness (QED) is 0.103. The third-order valence-corrected chi connectivity index (χ3v) is 8.18. The fourth-order valence-electron chi connectivity index (χ4n) is 5.44. The van der Waals surface area contributed by atoms with Crippen molar-refractivity contribution in [3.05, 3.63) is 0 Å². The van der Waals surface area contributed by atoms with E-state index >= 15 is 0 Å². The monoisotopic (exact) mass is 666 g/mol. The zero-order valence-electron chi connectivity index (χ0n) is 23.5. The molecule has 0 amide bonds. The molecule has 4 aliphatic rings. The zero-order chi connectivity index (χ0) is 33.3. The third-order valence-electron chi connectivity index (χ3n) is 8.18. The summed E-state index contributed by atoms with van der Waals surface area (Å²) >= 11 is 0. The van der Waals surface area contributed by atoms with Crippen molar-refractivity contribution in [1.29, 1.82) is 0 Å². The standard InChI is InChI=1S/C24H42O21/c25-1-5-9(28)11(30)16(35)23(41-5)45-20-7(3-27)42-22(18(37)14(20)33)39-4-8-10(29)12(31)17(36)24(43-8)44-19-6(2-26)40-21(38)15(34)13(19)32/h5-38H,1-4H2/t5-,6-,7-,8-,9-,10-,11+,12+,13-,14-,15-,16-,17-,18-,19-,20-,21+,22+,23-,24-/m1/s1. The van der Waals surface area contributed by atoms with Gasteiger partial charge < -0.3 is 105 Å². The molecule has 21 nitrogen and oxygen atoms in total. The van der Waals surface area contributed by atoms with Gasteiger partial charge in [0.1, 0.15) is 97.7 Å². The molecule has 45 heavy (non-hydrogen) atoms. The van der Waals surface area contributed by atoms with Crippen LogP contribution in [-0.4, -0.2) is 221 Å². The molecule has 0 aliphatic carbocycles. The van der Waals surface area contributed by atoms with Crippen LogP contribution in [0.25, 0.3) is 0 Å². The van der Waals surface area contributed by atoms with Crippen LogP contribution in [-0.2, 0) is 33.2 Å². The number of aliphatic hydroxyl groups is 14. The van der Waals surface area contributed by atoms with E-state index in [0.29, 0.717) is 0 Å². The van der Waals surface area contributed by atoms with Crippen LogP contribution in [0.15, 0.2) is 0 Å². The van der Waals surface area contributed by atoms with Gasteiger partial charge in [-0.25, -0.2) is 0 Å². The molecule has 4 aliphatic heterocycles. The van der Waals surface area contributed by atoms with Crippen LogP contribution < -0.4 is 0 Å². The van der Waals surface area contributed by atoms with Gasteiger partial charge in [0.15, 0.2) is 25.2 Å². The normalized spacial score (nSPS) is 52.9. The van der Waals surface area contributed by atoms with Gasteiger partial charge in [-0.3, -0.25) is 0 Å². The van der Waals surface area contributed by atoms with Crippen molar-refractivity contribution in [2.24, 2.45) is 0 Å². The third kappa shape index (κ3) is 7.59. The fraction of sp³-hybridized carbons (Fsp3) is 1.00. The lowest BCUT2D eigenvalue weighted by Crippen LogP contribution is -2.65. The highest BCUT2D eigenvalue weighted by atomic mass is 16.8. The van der Waals surface area contributed by atoms with E-state index in [1.54, 1.807) is 0 Å². The Balaban J connectivity index is 1.39. The number of hydrogen-bond donors (Lipinski definition) is 14. The van der Waals surface area contributed by atoms with Crippen molar-refractivity contribution in [2.75, 3.05) is 26.4 Å². The molecule has 4 fully saturated rings. The second kappa shape index (κ2) is 15.6. The Morgan fingerprint density at radius 3 is 1.29 bits per heavy atom. The Morgan fingerprint density at radius 2 is 0.778 bits per heavy atom. The van der Waals surface area contributed by atoms with E-state index in [4.69, 9.17) is 33.2 Å². The summed E-state index contributed by atoms with van der Waals surface area (Å²) in [7, 11) is 0. The first-order chi connectivity index (χ1) is 21.2. The Hall–Kier alpha value is -0.840. The van der Waals surface area contributed by atoms with Crippen LogP contribution in [0.4, 0.5) is 0 Å². The number of aliphatic hydroxyl groups excluding tert-OH is 14. The maximum absolute atomic E-state index is 10.8. The van der Waals surface area contributed by atoms with E-state index in [0.717, 1.165) is 0 Å². The minimum Gasteiger partial charge on any atom is -0.394 e. The molecule has 21 heteroatoms. The van der Waals surface area contributed by atoms with Gasteiger partial charge in [-0.15, -0.1) is 0 Å². The Kier molecular flexibility index (Phi) is 12.8. The number of ether oxygens (including phenoxy) is 7. The molecule has 0 bridgehead atoms. The summed E-state index contributed by atoms with van der Waals surface area (Å²) in [5.41, 5.74) is 0. The average Bonchev–Trinajstić information content (AvgIpc) is 3.03. The molecule has 0 aromatic carbocycles. The summed E-state index contributed by atoms with van der Waals surface area (Å²) in [4.78, 5) is 0. The maximum Gasteiger partial charge on any atom is 0.187 e. The topological polar surface area (TPSA) is 348 Å². The van der Waals surface area contributed by atoms with Gasteiger partial charge in [-0.05, 0) is 0 Å². The molecule has 0 unspecified atom stereocenters. The molecule has 0 aromatic rings. The van der Waals surface area contributed by atoms with E-state index in [9.17, 15) is 71.5 Å². The first kappa shape index (κ1) is 37.0. The van der Waals surface area contributed by atoms with Crippen LogP contribution in [0.1, 0.15) is 0 Å². The minimum absolute atomic E-state index is 0.718. The van der Waals surface area contributed by atoms with Crippen molar-refractivity contribution in [3.63, 3.8) is 0 Å². The van der Waals surface area contributed by atoms with E-state index < -0.39 is 149 Å². The molecule has 20 atom stereocenters. The van der Waals surface area contributed by atoms with E-state index in [-0.39, 0.29) is 0 Å². The van der Waals surface area contributed by atoms with Crippen LogP contribution >= 0.6 is 0 Å². The van der Waals surface area contributed by atoms with Gasteiger partial charge in [0.05, 0.1) is 26.4 Å². The zero-order valence-corrected chi connectivity index (χ0v) is 23.5. The van der Waals surface area contributed by atoms with Crippen molar-refractivity contribution < 1.29 is 105 Å². The predicted octanol–water partition coefficient (Wildman–Crippen LogP) is -9.75. The second-order valence-electron chi connectivity index (χ2n) is 11.2. The summed E-state index contributed by atoms with van der Waals surface area (Å²) in [5.74, 6) is 0. The molecule has 264 valence electrons. The number of hydrogen-bond acceptors (Lipinski definition) is 21. The van der Waals surface area contributed by atoms with E-state index in [1.807, 2.05) is 0 Å². The molecular formula is C24H42O21. The minimum atomic E-state index is -1.94. The Morgan fingerprint density at radius 1 is 0.378 bits per heavy atom. The molecule has 4 rings (SSSR count). The van der Waals surface area contributed by atoms with Gasteiger partial charge in [0.25, 0.3) is 0 Å². The molecule has 4 saturated heterocycles. The number of rotatable bonds is 10. The molecule has 0 saturated carbocycles. The van der Waals surface area contributed by atoms with Crippen molar-refractivity contribution >= 4 is 0 Å². The highest BCUT2D eigenvalue weighted by molar-refractivity contribution is 4.96. The molecule has 0 aromatic heterocycles. The second-order valence-corrected chi connectivity index (χ2v) is 11.2. The highest BCUT2D eigenvalue weighted by Gasteiger charge is 2.53. The van der Waals surface area contributed by atoms with E-state index in [1.165, 1.54) is 0 Å². The van der Waals surface area contributed by atoms with Crippen LogP contribution in [0.5, 0.6) is 0 Å². The Labute approximate surface area is 254 Å². The maximum atomic E-state index is 10.8. The molecular weight excluding hydrogens is 624 g/mol. The lowest BCUT2D eigenvalue weighted by Gasteiger charge is -2.47. The van der Waals surface area contributed by atoms with Crippen LogP contribution in [0, 0.1) is 0 Å². The van der Waals surface area contributed by atoms with Gasteiger partial charge in [0, 0.05) is 0 Å². The first-order valence-corrected chi connectivity index (χ1v) is 14.1. The van der Waals surface area contributed by atoms with E-state index in [2.05, 4.69) is 0 Å². The van der Waals surface area contributed by atoms with Gasteiger partial charge >= 0.3 is 0 Å². The average molecular weight is 667 g/mol. The Bertz CT molecular complexity index is 912. The van der Waals surface area contributed by atoms with Gasteiger partial charge in [-0.1, -0.05) is 0 Å². The first-order valence-electron chi connectivity index (χ1n) is 14.1. The van der Waals surface area contributed by atoms with Crippen molar-refractivity contribution in [3.8, 4) is 0 Å². The molecule has 4 heterocycles. The summed E-state index contributed by atoms with van der Waals surface area (Å²) in [6.07, 6.45) is -34.8. The van der Waals surface area contributed by atoms with Crippen LogP contribution in [0.2, 0.25) is 0 Å². The molecule has 0 spiro atoms. The predicted molar refractivity (Wildman–Crippen MR) is 134 cm³/mol. The summed E-state index contributed by atoms with van der Waals surface area (Å²) in [6, 6.07) is 0. The lowest BCUT2D eigenvalue weighted by atomic mass is 9.96. The fourth-order valence-corrected chi connectivity index (χ4v) is 5.44. The molecule has 0 radical (unpaired) electrons. The summed E-state index contributed by atoms with van der Waals surface area (Å²) < 4.78 is 37.5. The lowest BCUT2D eigenvalue weighted by molar-refractivity contribution is -0.371. The highest BCUT2D eigenvalue weighted by Crippen LogP contribution is 2.32. The summed E-state index contributed by atoms with van der Waals surface area (Å²) in [5, 5.41) is 142. The van der Waals surface area contributed by atoms with Gasteiger partial charge in [-0.2, -0.15) is 0 Å². The SMILES string of the molecule is OC[C@H]1O[C@H](O[C@H]2[C@H](O)[C@@H](O)[C@@H](OC[C@H]3O[C@H](O[C@H]4[C@H](O)[C@@H](O)[C@@H](O)O[C@@H]4CO)[C@H](O)[C@@H](O)[C@@H]3O)O[C@@H]2CO)[C@H](O)[C@@H](O)[C@@H]1O. The van der Waals surface area contributed by atoms with Crippen molar-refractivity contribution in [1.82, 2.24) is 0 Å². The van der Waals surface area contributed by atoms with Crippen molar-refractivity contribution in [2.45, 2.75) is 123 Å². The molecule has 14 N–H and O–H groups in total. The smallest absolute Gasteiger partial charge is 0.187 e.